The lowest BCUT2D eigenvalue weighted by Crippen LogP contribution is -2.47. The first-order valence-corrected chi connectivity index (χ1v) is 11.5. The summed E-state index contributed by atoms with van der Waals surface area (Å²) < 4.78 is 0. The molecule has 3 atom stereocenters. The number of amides is 2. The number of carboxylic acid groups (broad SMARTS) is 1. The van der Waals surface area contributed by atoms with Crippen LogP contribution >= 0.6 is 11.8 Å². The number of carbonyl (C=O) groups excluding carboxylic acids is 3. The summed E-state index contributed by atoms with van der Waals surface area (Å²) >= 11 is 0.892. The van der Waals surface area contributed by atoms with Crippen molar-refractivity contribution in [3.8, 4) is 0 Å². The number of carbonyl (C=O) groups is 4. The van der Waals surface area contributed by atoms with Gasteiger partial charge in [-0.15, -0.1) is 0 Å². The average Bonchev–Trinajstić information content (AvgIpc) is 3.24. The molecule has 0 aliphatic carbocycles. The van der Waals surface area contributed by atoms with Gasteiger partial charge in [0.25, 0.3) is 0 Å². The molecule has 3 rings (SSSR count). The van der Waals surface area contributed by atoms with Crippen LogP contribution in [-0.4, -0.2) is 50.7 Å². The summed E-state index contributed by atoms with van der Waals surface area (Å²) in [5, 5.41) is 11.3. The highest BCUT2D eigenvalue weighted by Gasteiger charge is 2.41. The van der Waals surface area contributed by atoms with Crippen LogP contribution in [0.25, 0.3) is 0 Å². The molecular weight excluding hydrogens is 442 g/mol. The number of hydrogen-bond acceptors (Lipinski definition) is 6. The third kappa shape index (κ3) is 6.35. The van der Waals surface area contributed by atoms with Gasteiger partial charge in [0, 0.05) is 12.6 Å². The maximum absolute atomic E-state index is 13.0. The Bertz CT molecular complexity index is 1010. The highest BCUT2D eigenvalue weighted by atomic mass is 32.2. The number of aliphatic carboxylic acids is 1. The fourth-order valence-corrected chi connectivity index (χ4v) is 4.89. The Morgan fingerprint density at radius 3 is 2.36 bits per heavy atom. The van der Waals surface area contributed by atoms with Crippen LogP contribution in [-0.2, 0) is 25.6 Å². The first-order chi connectivity index (χ1) is 15.8. The SMILES string of the molecule is CC(=O)SC(Cc1ccc(N)cc1)C(=O)NCC(=O)N1C(C(=O)O)CCC1c1ccccc1. The van der Waals surface area contributed by atoms with E-state index in [1.165, 1.54) is 11.8 Å². The van der Waals surface area contributed by atoms with Crippen molar-refractivity contribution < 1.29 is 24.3 Å². The van der Waals surface area contributed by atoms with Gasteiger partial charge in [0.1, 0.15) is 6.04 Å². The third-order valence-electron chi connectivity index (χ3n) is 5.56. The fourth-order valence-electron chi connectivity index (χ4n) is 4.03. The Morgan fingerprint density at radius 2 is 1.76 bits per heavy atom. The lowest BCUT2D eigenvalue weighted by Gasteiger charge is -2.29. The Labute approximate surface area is 196 Å². The highest BCUT2D eigenvalue weighted by molar-refractivity contribution is 8.14. The molecular formula is C24H27N3O5S. The molecule has 0 aromatic heterocycles. The lowest BCUT2D eigenvalue weighted by molar-refractivity contribution is -0.149. The van der Waals surface area contributed by atoms with Crippen molar-refractivity contribution in [3.63, 3.8) is 0 Å². The smallest absolute Gasteiger partial charge is 0.326 e. The van der Waals surface area contributed by atoms with E-state index >= 15 is 0 Å². The number of nitrogens with two attached hydrogens (primary N) is 1. The van der Waals surface area contributed by atoms with E-state index in [-0.39, 0.29) is 17.7 Å². The number of thioether (sulfide) groups is 1. The van der Waals surface area contributed by atoms with Crippen LogP contribution in [0.2, 0.25) is 0 Å². The van der Waals surface area contributed by atoms with E-state index in [4.69, 9.17) is 5.73 Å². The van der Waals surface area contributed by atoms with Crippen LogP contribution in [0, 0.1) is 0 Å². The molecule has 4 N–H and O–H groups in total. The molecule has 0 saturated carbocycles. The van der Waals surface area contributed by atoms with Crippen molar-refractivity contribution in [2.45, 2.75) is 43.5 Å². The maximum Gasteiger partial charge on any atom is 0.326 e. The van der Waals surface area contributed by atoms with E-state index in [0.717, 1.165) is 22.9 Å². The molecule has 0 bridgehead atoms. The van der Waals surface area contributed by atoms with Crippen molar-refractivity contribution in [1.29, 1.82) is 0 Å². The summed E-state index contributed by atoms with van der Waals surface area (Å²) in [4.78, 5) is 50.7. The van der Waals surface area contributed by atoms with Gasteiger partial charge in [0.2, 0.25) is 11.8 Å². The minimum atomic E-state index is -1.07. The highest BCUT2D eigenvalue weighted by Crippen LogP contribution is 2.36. The van der Waals surface area contributed by atoms with Crippen LogP contribution in [0.4, 0.5) is 5.69 Å². The molecule has 1 fully saturated rings. The molecule has 0 spiro atoms. The zero-order chi connectivity index (χ0) is 24.0. The maximum atomic E-state index is 13.0. The first kappa shape index (κ1) is 24.3. The molecule has 1 heterocycles. The topological polar surface area (TPSA) is 130 Å². The number of carboxylic acids is 1. The van der Waals surface area contributed by atoms with Crippen LogP contribution in [0.5, 0.6) is 0 Å². The van der Waals surface area contributed by atoms with Gasteiger partial charge in [0.05, 0.1) is 17.8 Å². The second-order valence-electron chi connectivity index (χ2n) is 7.92. The van der Waals surface area contributed by atoms with Crippen LogP contribution in [0.15, 0.2) is 54.6 Å². The summed E-state index contributed by atoms with van der Waals surface area (Å²) in [5.41, 5.74) is 7.98. The minimum absolute atomic E-state index is 0.216. The number of hydrogen-bond donors (Lipinski definition) is 3. The molecule has 1 aliphatic rings. The largest absolute Gasteiger partial charge is 0.480 e. The van der Waals surface area contributed by atoms with Crippen molar-refractivity contribution >= 4 is 40.3 Å². The zero-order valence-corrected chi connectivity index (χ0v) is 19.1. The van der Waals surface area contributed by atoms with Crippen LogP contribution < -0.4 is 11.1 Å². The van der Waals surface area contributed by atoms with Gasteiger partial charge in [-0.1, -0.05) is 54.2 Å². The lowest BCUT2D eigenvalue weighted by atomic mass is 10.0. The molecule has 0 radical (unpaired) electrons. The summed E-state index contributed by atoms with van der Waals surface area (Å²) in [6, 6.07) is 15.0. The Balaban J connectivity index is 1.70. The number of anilines is 1. The number of likely N-dealkylation sites (tertiary alicyclic amines) is 1. The summed E-state index contributed by atoms with van der Waals surface area (Å²) in [7, 11) is 0. The molecule has 33 heavy (non-hydrogen) atoms. The second kappa shape index (κ2) is 11.0. The number of benzene rings is 2. The number of nitrogens with one attached hydrogen (secondary N) is 1. The molecule has 2 aromatic carbocycles. The number of rotatable bonds is 8. The molecule has 9 heteroatoms. The van der Waals surface area contributed by atoms with E-state index in [2.05, 4.69) is 5.32 Å². The van der Waals surface area contributed by atoms with Gasteiger partial charge in [-0.05, 0) is 42.5 Å². The van der Waals surface area contributed by atoms with Crippen molar-refractivity contribution in [1.82, 2.24) is 10.2 Å². The van der Waals surface area contributed by atoms with Crippen LogP contribution in [0.1, 0.15) is 36.9 Å². The summed E-state index contributed by atoms with van der Waals surface area (Å²) in [6.45, 7) is 1.04. The molecule has 174 valence electrons. The van der Waals surface area contributed by atoms with Gasteiger partial charge in [-0.25, -0.2) is 4.79 Å². The second-order valence-corrected chi connectivity index (χ2v) is 9.30. The van der Waals surface area contributed by atoms with Crippen molar-refractivity contribution in [2.24, 2.45) is 0 Å². The molecule has 1 aliphatic heterocycles. The molecule has 2 amide bonds. The van der Waals surface area contributed by atoms with Gasteiger partial charge in [-0.2, -0.15) is 0 Å². The van der Waals surface area contributed by atoms with Gasteiger partial charge >= 0.3 is 5.97 Å². The van der Waals surface area contributed by atoms with Crippen molar-refractivity contribution in [3.05, 3.63) is 65.7 Å². The first-order valence-electron chi connectivity index (χ1n) is 10.6. The predicted octanol–water partition coefficient (Wildman–Crippen LogP) is 2.39. The molecule has 8 nitrogen and oxygen atoms in total. The molecule has 3 unspecified atom stereocenters. The van der Waals surface area contributed by atoms with Crippen LogP contribution in [0.3, 0.4) is 0 Å². The standard InChI is InChI=1S/C24H27N3O5S/c1-15(28)33-21(13-16-7-9-18(25)10-8-16)23(30)26-14-22(29)27-19(11-12-20(27)24(31)32)17-5-3-2-4-6-17/h2-10,19-21H,11-14,25H2,1H3,(H,26,30)(H,31,32). The summed E-state index contributed by atoms with van der Waals surface area (Å²) in [5.74, 6) is -2.00. The van der Waals surface area contributed by atoms with Crippen molar-refractivity contribution in [2.75, 3.05) is 12.3 Å². The fraction of sp³-hybridized carbons (Fsp3) is 0.333. The Hall–Kier alpha value is -3.33. The normalized spacial score (nSPS) is 18.5. The number of nitrogen functional groups attached to an aromatic ring is 1. The van der Waals surface area contributed by atoms with Gasteiger partial charge in [0.15, 0.2) is 5.12 Å². The Morgan fingerprint density at radius 1 is 1.09 bits per heavy atom. The van der Waals surface area contributed by atoms with E-state index in [0.29, 0.717) is 24.9 Å². The minimum Gasteiger partial charge on any atom is -0.480 e. The monoisotopic (exact) mass is 469 g/mol. The Kier molecular flexibility index (Phi) is 8.11. The predicted molar refractivity (Wildman–Crippen MR) is 126 cm³/mol. The molecule has 2 aromatic rings. The van der Waals surface area contributed by atoms with Gasteiger partial charge in [-0.3, -0.25) is 14.4 Å². The quantitative estimate of drug-likeness (QED) is 0.506. The van der Waals surface area contributed by atoms with E-state index in [1.54, 1.807) is 24.3 Å². The number of nitrogens with zero attached hydrogens (tertiary/aromatic N) is 1. The van der Waals surface area contributed by atoms with E-state index in [1.807, 2.05) is 30.3 Å². The van der Waals surface area contributed by atoms with E-state index in [9.17, 15) is 24.3 Å². The zero-order valence-electron chi connectivity index (χ0n) is 18.3. The summed E-state index contributed by atoms with van der Waals surface area (Å²) in [6.07, 6.45) is 1.16. The van der Waals surface area contributed by atoms with Gasteiger partial charge < -0.3 is 21.1 Å². The average molecular weight is 470 g/mol. The van der Waals surface area contributed by atoms with E-state index < -0.39 is 29.1 Å². The third-order valence-corrected chi connectivity index (χ3v) is 6.55. The molecule has 1 saturated heterocycles.